The van der Waals surface area contributed by atoms with Crippen molar-refractivity contribution in [2.75, 3.05) is 0 Å². The number of fused-ring (bicyclic) bond motifs is 3. The second kappa shape index (κ2) is 17.7. The topological polar surface area (TPSA) is 51.8 Å². The van der Waals surface area contributed by atoms with Crippen LogP contribution in [-0.2, 0) is 31.9 Å². The summed E-state index contributed by atoms with van der Waals surface area (Å²) >= 11 is -1.86. The van der Waals surface area contributed by atoms with Crippen molar-refractivity contribution < 1.29 is 24.5 Å². The van der Waals surface area contributed by atoms with Crippen LogP contribution in [0.2, 0.25) is 17.3 Å². The van der Waals surface area contributed by atoms with Gasteiger partial charge in [0, 0.05) is 37.3 Å². The van der Waals surface area contributed by atoms with Gasteiger partial charge in [-0.15, -0.1) is 18.2 Å². The molecule has 0 saturated carbocycles. The Labute approximate surface area is 361 Å². The largest absolute Gasteiger partial charge is 0.486 e. The van der Waals surface area contributed by atoms with E-state index in [1.54, 1.807) is 4.40 Å². The Morgan fingerprint density at radius 1 is 0.707 bits per heavy atom. The summed E-state index contributed by atoms with van der Waals surface area (Å²) in [6.45, 7) is 15.5. The van der Waals surface area contributed by atoms with Crippen molar-refractivity contribution in [3.8, 4) is 44.9 Å². The average Bonchev–Trinajstić information content (AvgIpc) is 3.56. The summed E-state index contributed by atoms with van der Waals surface area (Å²) in [5.74, 6) is 7.99. The van der Waals surface area contributed by atoms with Crippen molar-refractivity contribution in [3.63, 3.8) is 0 Å². The number of rotatable bonds is 7. The van der Waals surface area contributed by atoms with Crippen LogP contribution in [0.25, 0.3) is 67.0 Å². The van der Waals surface area contributed by atoms with E-state index in [0.717, 1.165) is 56.5 Å². The zero-order chi connectivity index (χ0) is 40.5. The van der Waals surface area contributed by atoms with Crippen molar-refractivity contribution in [2.45, 2.75) is 77.6 Å². The molecular formula is C52H53GeIrN3O-2. The van der Waals surface area contributed by atoms with Crippen molar-refractivity contribution in [3.05, 3.63) is 156 Å². The zero-order valence-electron chi connectivity index (χ0n) is 35.4. The molecule has 0 spiro atoms. The quantitative estimate of drug-likeness (QED) is 0.118. The molecule has 6 heteroatoms. The first-order valence-corrected chi connectivity index (χ1v) is 27.4. The van der Waals surface area contributed by atoms with Gasteiger partial charge < -0.3 is 9.40 Å². The Bertz CT molecular complexity index is 2650. The number of nitrogens with zero attached hydrogens (tertiary/aromatic N) is 3. The normalized spacial score (nSPS) is 11.7. The second-order valence-electron chi connectivity index (χ2n) is 17.6. The summed E-state index contributed by atoms with van der Waals surface area (Å²) in [4.78, 5) is 14.3. The summed E-state index contributed by atoms with van der Waals surface area (Å²) in [5.41, 5.74) is 14.9. The number of aromatic nitrogens is 3. The van der Waals surface area contributed by atoms with Gasteiger partial charge in [-0.25, -0.2) is 4.98 Å². The van der Waals surface area contributed by atoms with E-state index in [1.807, 2.05) is 42.6 Å². The van der Waals surface area contributed by atoms with Crippen LogP contribution in [0, 0.1) is 31.9 Å². The molecule has 0 bridgehead atoms. The summed E-state index contributed by atoms with van der Waals surface area (Å²) in [7, 11) is 0. The minimum absolute atomic E-state index is 0. The van der Waals surface area contributed by atoms with E-state index in [1.165, 1.54) is 33.4 Å². The minimum atomic E-state index is -1.86. The van der Waals surface area contributed by atoms with Gasteiger partial charge in [-0.2, -0.15) is 0 Å². The molecule has 0 saturated heterocycles. The van der Waals surface area contributed by atoms with Gasteiger partial charge in [-0.05, 0) is 71.0 Å². The van der Waals surface area contributed by atoms with Gasteiger partial charge in [-0.1, -0.05) is 80.3 Å². The van der Waals surface area contributed by atoms with Crippen molar-refractivity contribution in [2.24, 2.45) is 5.92 Å². The number of furan rings is 1. The molecule has 4 heterocycles. The molecule has 0 amide bonds. The molecule has 0 aliphatic heterocycles. The first-order valence-electron chi connectivity index (χ1n) is 20.0. The Morgan fingerprint density at radius 2 is 1.43 bits per heavy atom. The molecule has 1 radical (unpaired) electrons. The molecule has 0 fully saturated rings. The molecule has 8 rings (SSSR count). The van der Waals surface area contributed by atoms with E-state index in [4.69, 9.17) is 14.4 Å². The third-order valence-electron chi connectivity index (χ3n) is 10.5. The predicted octanol–water partition coefficient (Wildman–Crippen LogP) is 13.4. The van der Waals surface area contributed by atoms with Crippen molar-refractivity contribution in [1.82, 2.24) is 15.0 Å². The Kier molecular flexibility index (Phi) is 13.1. The molecule has 4 aromatic carbocycles. The number of pyridine rings is 3. The first kappa shape index (κ1) is 42.9. The fourth-order valence-electron chi connectivity index (χ4n) is 7.63. The second-order valence-corrected chi connectivity index (χ2v) is 28.2. The standard InChI is InChI=1S/C34H29N2O.C18H24GeN.Ir/c1-21-18-24(23-10-7-6-8-11-23)19-22(2)31(21)29-15-14-27-26-12-9-13-28(32(26)37-33(27)36-29)30-20-25(16-17-35-30)34(3,4)5;1-14(2)11-16-12-18(15-9-7-6-8-10-15)20-13-17(16)19(3,4)5;/h6-12,14-20H,1-5H3;6-9,12-14H,11H2,1-5H3;/q2*-1;. The van der Waals surface area contributed by atoms with E-state index in [-0.39, 0.29) is 25.5 Å². The Morgan fingerprint density at radius 3 is 2.09 bits per heavy atom. The number of hydrogen-bond donors (Lipinski definition) is 0. The van der Waals surface area contributed by atoms with Crippen LogP contribution in [-0.4, -0.2) is 28.2 Å². The maximum atomic E-state index is 6.42. The van der Waals surface area contributed by atoms with Gasteiger partial charge in [0.1, 0.15) is 0 Å². The predicted molar refractivity (Wildman–Crippen MR) is 243 cm³/mol. The molecule has 0 N–H and O–H groups in total. The number of aryl methyl sites for hydroxylation is 2. The van der Waals surface area contributed by atoms with E-state index >= 15 is 0 Å². The number of benzene rings is 4. The van der Waals surface area contributed by atoms with Crippen molar-refractivity contribution in [1.29, 1.82) is 0 Å². The van der Waals surface area contributed by atoms with Crippen LogP contribution in [0.5, 0.6) is 0 Å². The first-order chi connectivity index (χ1) is 27.2. The molecule has 0 atom stereocenters. The Balaban J connectivity index is 0.000000230. The fraction of sp³-hybridized carbons (Fsp3) is 0.250. The van der Waals surface area contributed by atoms with Gasteiger partial charge in [0.2, 0.25) is 5.71 Å². The van der Waals surface area contributed by atoms with Crippen LogP contribution in [0.4, 0.5) is 0 Å². The Hall–Kier alpha value is -4.68. The van der Waals surface area contributed by atoms with Gasteiger partial charge in [0.25, 0.3) is 0 Å². The SMILES string of the molecule is CC(C)Cc1cc(-c2[c-]cccc2)nc[c]1[Ge]([CH3])([CH3])[CH3].Cc1cc(-c2ccccc2)cc(C)c1-c1ccc2c(n1)oc1c(-c3cc(C(C)(C)C)ccn3)[c-]ccc12.[Ir]. The summed E-state index contributed by atoms with van der Waals surface area (Å²) in [6.07, 6.45) is 5.14. The minimum Gasteiger partial charge on any atom is -0.486 e. The van der Waals surface area contributed by atoms with E-state index in [9.17, 15) is 0 Å². The van der Waals surface area contributed by atoms with E-state index in [0.29, 0.717) is 11.6 Å². The molecule has 4 nitrogen and oxygen atoms in total. The van der Waals surface area contributed by atoms with Gasteiger partial charge >= 0.3 is 126 Å². The maximum Gasteiger partial charge on any atom is 0.216 e. The fourth-order valence-corrected chi connectivity index (χ4v) is 11.0. The van der Waals surface area contributed by atoms with Crippen LogP contribution in [0.1, 0.15) is 56.9 Å². The van der Waals surface area contributed by atoms with Crippen LogP contribution < -0.4 is 4.40 Å². The summed E-state index contributed by atoms with van der Waals surface area (Å²) < 4.78 is 7.96. The smallest absolute Gasteiger partial charge is 0.216 e. The zero-order valence-corrected chi connectivity index (χ0v) is 39.9. The summed E-state index contributed by atoms with van der Waals surface area (Å²) in [5, 5.41) is 2.02. The van der Waals surface area contributed by atoms with Gasteiger partial charge in [0.15, 0.2) is 0 Å². The van der Waals surface area contributed by atoms with Crippen LogP contribution in [0.3, 0.4) is 0 Å². The molecule has 0 aliphatic rings. The molecular weight excluding hydrogens is 947 g/mol. The number of hydrogen-bond acceptors (Lipinski definition) is 4. The third-order valence-corrected chi connectivity index (χ3v) is 14.8. The third kappa shape index (κ3) is 9.44. The van der Waals surface area contributed by atoms with Crippen LogP contribution >= 0.6 is 0 Å². The summed E-state index contributed by atoms with van der Waals surface area (Å²) in [6, 6.07) is 44.4. The van der Waals surface area contributed by atoms with Gasteiger partial charge in [-0.3, -0.25) is 0 Å². The van der Waals surface area contributed by atoms with Gasteiger partial charge in [0.05, 0.1) is 11.3 Å². The molecule has 58 heavy (non-hydrogen) atoms. The maximum absolute atomic E-state index is 6.42. The molecule has 0 aliphatic carbocycles. The average molecular weight is 1000 g/mol. The van der Waals surface area contributed by atoms with E-state index < -0.39 is 13.3 Å². The molecule has 297 valence electrons. The molecule has 0 unspecified atom stereocenters. The van der Waals surface area contributed by atoms with Crippen molar-refractivity contribution >= 4 is 39.7 Å². The van der Waals surface area contributed by atoms with Crippen LogP contribution in [0.15, 0.2) is 126 Å². The molecule has 8 aromatic rings. The monoisotopic (exact) mass is 1000 g/mol. The molecule has 4 aromatic heterocycles. The van der Waals surface area contributed by atoms with E-state index in [2.05, 4.69) is 162 Å².